The molecule has 1 N–H and O–H groups in total. The maximum Gasteiger partial charge on any atom is 0.392 e. The number of carbonyl (C=O) groups is 1. The zero-order valence-electron chi connectivity index (χ0n) is 12.3. The summed E-state index contributed by atoms with van der Waals surface area (Å²) in [5.41, 5.74) is 0. The van der Waals surface area contributed by atoms with E-state index in [0.29, 0.717) is 25.9 Å². The Morgan fingerprint density at radius 1 is 1.14 bits per heavy atom. The van der Waals surface area contributed by atoms with Gasteiger partial charge in [-0.05, 0) is 32.7 Å². The highest BCUT2D eigenvalue weighted by atomic mass is 35.5. The first kappa shape index (κ1) is 18.6. The number of likely N-dealkylation sites (N-methyl/N-ethyl adjacent to an activating group) is 1. The Kier molecular flexibility index (Phi) is 6.78. The highest BCUT2D eigenvalue weighted by Gasteiger charge is 2.49. The molecule has 0 aromatic rings. The van der Waals surface area contributed by atoms with Gasteiger partial charge in [0.2, 0.25) is 5.91 Å². The van der Waals surface area contributed by atoms with Gasteiger partial charge in [-0.15, -0.1) is 12.4 Å². The summed E-state index contributed by atoms with van der Waals surface area (Å²) in [5, 5.41) is 3.12. The van der Waals surface area contributed by atoms with Crippen molar-refractivity contribution in [1.82, 2.24) is 10.2 Å². The third-order valence-electron chi connectivity index (χ3n) is 4.64. The molecule has 21 heavy (non-hydrogen) atoms. The Bertz CT molecular complexity index is 352. The largest absolute Gasteiger partial charge is 0.392 e. The first-order valence-corrected chi connectivity index (χ1v) is 7.46. The lowest BCUT2D eigenvalue weighted by Crippen LogP contribution is -2.51. The fourth-order valence-electron chi connectivity index (χ4n) is 3.47. The lowest BCUT2D eigenvalue weighted by atomic mass is 9.77. The molecule has 0 aromatic carbocycles. The molecular formula is C14H24ClF3N2O. The van der Waals surface area contributed by atoms with Crippen LogP contribution in [0.2, 0.25) is 0 Å². The SMILES string of the molecule is CNC1CCCN(C(=O)C2CCCCC2C(F)(F)F)C1.Cl. The first-order chi connectivity index (χ1) is 9.43. The second-order valence-corrected chi connectivity index (χ2v) is 5.95. The maximum absolute atomic E-state index is 13.1. The van der Waals surface area contributed by atoms with E-state index in [2.05, 4.69) is 5.32 Å². The van der Waals surface area contributed by atoms with Crippen LogP contribution in [0.4, 0.5) is 13.2 Å². The number of hydrogen-bond donors (Lipinski definition) is 1. The van der Waals surface area contributed by atoms with Crippen molar-refractivity contribution in [3.8, 4) is 0 Å². The minimum absolute atomic E-state index is 0. The lowest BCUT2D eigenvalue weighted by molar-refractivity contribution is -0.201. The summed E-state index contributed by atoms with van der Waals surface area (Å²) in [7, 11) is 1.83. The Hall–Kier alpha value is -0.490. The molecular weight excluding hydrogens is 305 g/mol. The van der Waals surface area contributed by atoms with E-state index in [1.165, 1.54) is 0 Å². The Morgan fingerprint density at radius 3 is 2.43 bits per heavy atom. The normalized spacial score (nSPS) is 30.7. The van der Waals surface area contributed by atoms with E-state index in [0.717, 1.165) is 19.3 Å². The molecule has 1 aliphatic carbocycles. The number of likely N-dealkylation sites (tertiary alicyclic amines) is 1. The van der Waals surface area contributed by atoms with Crippen LogP contribution in [-0.4, -0.2) is 43.2 Å². The number of rotatable bonds is 2. The number of nitrogens with one attached hydrogen (secondary N) is 1. The predicted molar refractivity (Wildman–Crippen MR) is 77.4 cm³/mol. The highest BCUT2D eigenvalue weighted by Crippen LogP contribution is 2.42. The molecule has 1 heterocycles. The minimum atomic E-state index is -4.25. The zero-order chi connectivity index (χ0) is 14.8. The van der Waals surface area contributed by atoms with Crippen LogP contribution in [0.5, 0.6) is 0 Å². The number of nitrogens with zero attached hydrogens (tertiary/aromatic N) is 1. The standard InChI is InChI=1S/C14H23F3N2O.ClH/c1-18-10-5-4-8-19(9-10)13(20)11-6-2-3-7-12(11)14(15,16)17;/h10-12,18H,2-9H2,1H3;1H. The van der Waals surface area contributed by atoms with Crippen molar-refractivity contribution in [2.75, 3.05) is 20.1 Å². The highest BCUT2D eigenvalue weighted by molar-refractivity contribution is 5.85. The van der Waals surface area contributed by atoms with Crippen molar-refractivity contribution >= 4 is 18.3 Å². The van der Waals surface area contributed by atoms with Crippen LogP contribution in [0.15, 0.2) is 0 Å². The number of carbonyl (C=O) groups excluding carboxylic acids is 1. The summed E-state index contributed by atoms with van der Waals surface area (Å²) in [6.07, 6.45) is -0.625. The smallest absolute Gasteiger partial charge is 0.341 e. The number of amides is 1. The summed E-state index contributed by atoms with van der Waals surface area (Å²) in [5.74, 6) is -2.59. The average Bonchev–Trinajstić information content (AvgIpc) is 2.45. The fraction of sp³-hybridized carbons (Fsp3) is 0.929. The van der Waals surface area contributed by atoms with Gasteiger partial charge in [0.25, 0.3) is 0 Å². The summed E-state index contributed by atoms with van der Waals surface area (Å²) in [6, 6.07) is 0.209. The van der Waals surface area contributed by atoms with Gasteiger partial charge in [-0.25, -0.2) is 0 Å². The summed E-state index contributed by atoms with van der Waals surface area (Å²) in [6.45, 7) is 1.13. The van der Waals surface area contributed by atoms with Gasteiger partial charge in [0.1, 0.15) is 0 Å². The fourth-order valence-corrected chi connectivity index (χ4v) is 3.47. The van der Waals surface area contributed by atoms with Crippen LogP contribution in [-0.2, 0) is 4.79 Å². The second-order valence-electron chi connectivity index (χ2n) is 5.95. The predicted octanol–water partition coefficient (Wildman–Crippen LogP) is 2.99. The van der Waals surface area contributed by atoms with E-state index in [4.69, 9.17) is 0 Å². The maximum atomic E-state index is 13.1. The molecule has 1 saturated heterocycles. The minimum Gasteiger partial charge on any atom is -0.341 e. The van der Waals surface area contributed by atoms with Crippen molar-refractivity contribution in [2.24, 2.45) is 11.8 Å². The van der Waals surface area contributed by atoms with Crippen LogP contribution >= 0.6 is 12.4 Å². The van der Waals surface area contributed by atoms with Gasteiger partial charge >= 0.3 is 6.18 Å². The molecule has 2 fully saturated rings. The van der Waals surface area contributed by atoms with Crippen molar-refractivity contribution in [2.45, 2.75) is 50.7 Å². The van der Waals surface area contributed by atoms with Crippen LogP contribution in [0.3, 0.4) is 0 Å². The topological polar surface area (TPSA) is 32.3 Å². The molecule has 2 aliphatic rings. The van der Waals surface area contributed by atoms with Gasteiger partial charge in [0, 0.05) is 25.0 Å². The zero-order valence-corrected chi connectivity index (χ0v) is 13.1. The lowest BCUT2D eigenvalue weighted by Gasteiger charge is -2.39. The molecule has 1 amide bonds. The van der Waals surface area contributed by atoms with Crippen molar-refractivity contribution in [3.63, 3.8) is 0 Å². The van der Waals surface area contributed by atoms with E-state index < -0.39 is 18.0 Å². The van der Waals surface area contributed by atoms with E-state index in [9.17, 15) is 18.0 Å². The molecule has 3 unspecified atom stereocenters. The van der Waals surface area contributed by atoms with Crippen LogP contribution < -0.4 is 5.32 Å². The summed E-state index contributed by atoms with van der Waals surface area (Å²) in [4.78, 5) is 14.1. The van der Waals surface area contributed by atoms with Gasteiger partial charge in [-0.3, -0.25) is 4.79 Å². The number of halogens is 4. The molecule has 0 spiro atoms. The quantitative estimate of drug-likeness (QED) is 0.845. The first-order valence-electron chi connectivity index (χ1n) is 7.46. The van der Waals surface area contributed by atoms with Crippen LogP contribution in [0.25, 0.3) is 0 Å². The Labute approximate surface area is 130 Å². The molecule has 1 saturated carbocycles. The molecule has 2 rings (SSSR count). The van der Waals surface area contributed by atoms with Gasteiger partial charge in [0.05, 0.1) is 5.92 Å². The molecule has 0 bridgehead atoms. The van der Waals surface area contributed by atoms with Crippen molar-refractivity contribution in [1.29, 1.82) is 0 Å². The van der Waals surface area contributed by atoms with Gasteiger partial charge in [0.15, 0.2) is 0 Å². The number of alkyl halides is 3. The van der Waals surface area contributed by atoms with E-state index in [1.807, 2.05) is 7.05 Å². The molecule has 0 radical (unpaired) electrons. The van der Waals surface area contributed by atoms with E-state index in [1.54, 1.807) is 4.90 Å². The second kappa shape index (κ2) is 7.68. The van der Waals surface area contributed by atoms with Crippen LogP contribution in [0, 0.1) is 11.8 Å². The van der Waals surface area contributed by atoms with Crippen molar-refractivity contribution in [3.05, 3.63) is 0 Å². The van der Waals surface area contributed by atoms with Gasteiger partial charge in [-0.1, -0.05) is 12.8 Å². The molecule has 7 heteroatoms. The van der Waals surface area contributed by atoms with Crippen molar-refractivity contribution < 1.29 is 18.0 Å². The molecule has 3 nitrogen and oxygen atoms in total. The molecule has 124 valence electrons. The molecule has 1 aliphatic heterocycles. The Balaban J connectivity index is 0.00000220. The Morgan fingerprint density at radius 2 is 1.81 bits per heavy atom. The summed E-state index contributed by atoms with van der Waals surface area (Å²) >= 11 is 0. The third-order valence-corrected chi connectivity index (χ3v) is 4.64. The van der Waals surface area contributed by atoms with Gasteiger partial charge in [-0.2, -0.15) is 13.2 Å². The van der Waals surface area contributed by atoms with E-state index >= 15 is 0 Å². The number of piperidine rings is 1. The molecule has 3 atom stereocenters. The molecule has 0 aromatic heterocycles. The average molecular weight is 329 g/mol. The van der Waals surface area contributed by atoms with Crippen LogP contribution in [0.1, 0.15) is 38.5 Å². The third kappa shape index (κ3) is 4.49. The van der Waals surface area contributed by atoms with Gasteiger partial charge < -0.3 is 10.2 Å². The summed E-state index contributed by atoms with van der Waals surface area (Å²) < 4.78 is 39.2. The monoisotopic (exact) mass is 328 g/mol. The van der Waals surface area contributed by atoms with E-state index in [-0.39, 0.29) is 30.8 Å². The number of hydrogen-bond acceptors (Lipinski definition) is 2.